The van der Waals surface area contributed by atoms with Crippen molar-refractivity contribution in [3.05, 3.63) is 0 Å². The molecule has 0 saturated carbocycles. The fourth-order valence-electron chi connectivity index (χ4n) is 1.51. The number of ether oxygens (including phenoxy) is 2. The van der Waals surface area contributed by atoms with Gasteiger partial charge >= 0.3 is 5.97 Å². The van der Waals surface area contributed by atoms with Gasteiger partial charge in [0.25, 0.3) is 0 Å². The highest BCUT2D eigenvalue weighted by Crippen LogP contribution is 2.14. The molecule has 96 valence electrons. The van der Waals surface area contributed by atoms with Crippen LogP contribution in [0.2, 0.25) is 0 Å². The third kappa shape index (κ3) is 6.08. The monoisotopic (exact) mass is 231 g/mol. The van der Waals surface area contributed by atoms with Crippen molar-refractivity contribution in [3.63, 3.8) is 0 Å². The van der Waals surface area contributed by atoms with Gasteiger partial charge < -0.3 is 14.8 Å². The predicted molar refractivity (Wildman–Crippen MR) is 64.4 cm³/mol. The molecule has 1 N–H and O–H groups in total. The quantitative estimate of drug-likeness (QED) is 0.732. The number of carbonyl (C=O) groups is 1. The van der Waals surface area contributed by atoms with Gasteiger partial charge in [0.2, 0.25) is 0 Å². The number of nitrogens with one attached hydrogen (secondary N) is 1. The Morgan fingerprint density at radius 3 is 2.00 bits per heavy atom. The number of hydrogen-bond donors (Lipinski definition) is 1. The molecule has 0 heterocycles. The summed E-state index contributed by atoms with van der Waals surface area (Å²) in [4.78, 5) is 11.6. The van der Waals surface area contributed by atoms with Gasteiger partial charge in [-0.15, -0.1) is 0 Å². The summed E-state index contributed by atoms with van der Waals surface area (Å²) in [5, 5.41) is 3.15. The van der Waals surface area contributed by atoms with E-state index in [4.69, 9.17) is 9.47 Å². The molecule has 4 nitrogen and oxygen atoms in total. The van der Waals surface area contributed by atoms with E-state index in [-0.39, 0.29) is 23.7 Å². The van der Waals surface area contributed by atoms with Gasteiger partial charge in [0.1, 0.15) is 6.04 Å². The molecule has 0 aliphatic heterocycles. The maximum atomic E-state index is 11.6. The Bertz CT molecular complexity index is 221. The maximum absolute atomic E-state index is 11.6. The Hall–Kier alpha value is -0.610. The van der Waals surface area contributed by atoms with Crippen LogP contribution in [0.3, 0.4) is 0 Å². The smallest absolute Gasteiger partial charge is 0.325 e. The molecule has 0 saturated heterocycles. The summed E-state index contributed by atoms with van der Waals surface area (Å²) in [5.74, 6) is -0.287. The van der Waals surface area contributed by atoms with Gasteiger partial charge in [-0.1, -0.05) is 13.8 Å². The second kappa shape index (κ2) is 6.21. The van der Waals surface area contributed by atoms with Crippen LogP contribution in [0.5, 0.6) is 0 Å². The van der Waals surface area contributed by atoms with E-state index < -0.39 is 6.04 Å². The minimum atomic E-state index is -0.427. The van der Waals surface area contributed by atoms with Crippen molar-refractivity contribution in [1.82, 2.24) is 5.32 Å². The highest BCUT2D eigenvalue weighted by Gasteiger charge is 2.30. The van der Waals surface area contributed by atoms with Crippen molar-refractivity contribution in [3.8, 4) is 0 Å². The molecule has 2 atom stereocenters. The average molecular weight is 231 g/mol. The van der Waals surface area contributed by atoms with Crippen LogP contribution < -0.4 is 5.32 Å². The summed E-state index contributed by atoms with van der Waals surface area (Å²) in [6, 6.07) is -0.223. The SMILES string of the molecule is COC(=O)C(NC(C)C)C(C)OC(C)(C)C. The summed E-state index contributed by atoms with van der Waals surface area (Å²) in [6.45, 7) is 11.7. The second-order valence-electron chi connectivity index (χ2n) is 5.26. The highest BCUT2D eigenvalue weighted by molar-refractivity contribution is 5.76. The van der Waals surface area contributed by atoms with Gasteiger partial charge in [0.15, 0.2) is 0 Å². The van der Waals surface area contributed by atoms with Gasteiger partial charge in [-0.2, -0.15) is 0 Å². The molecule has 0 aromatic carbocycles. The van der Waals surface area contributed by atoms with E-state index in [1.54, 1.807) is 0 Å². The van der Waals surface area contributed by atoms with E-state index in [9.17, 15) is 4.79 Å². The fraction of sp³-hybridized carbons (Fsp3) is 0.917. The maximum Gasteiger partial charge on any atom is 0.325 e. The van der Waals surface area contributed by atoms with Crippen LogP contribution in [0, 0.1) is 0 Å². The first-order chi connectivity index (χ1) is 7.17. The Morgan fingerprint density at radius 1 is 1.19 bits per heavy atom. The van der Waals surface area contributed by atoms with Gasteiger partial charge in [-0.3, -0.25) is 4.79 Å². The Labute approximate surface area is 98.7 Å². The molecule has 0 aromatic heterocycles. The number of carbonyl (C=O) groups excluding carboxylic acids is 1. The van der Waals surface area contributed by atoms with Crippen LogP contribution in [0.1, 0.15) is 41.5 Å². The lowest BCUT2D eigenvalue weighted by Crippen LogP contribution is -2.51. The van der Waals surface area contributed by atoms with Crippen LogP contribution in [0.4, 0.5) is 0 Å². The first kappa shape index (κ1) is 15.4. The second-order valence-corrected chi connectivity index (χ2v) is 5.26. The van der Waals surface area contributed by atoms with Crippen molar-refractivity contribution in [2.45, 2.75) is 65.3 Å². The fourth-order valence-corrected chi connectivity index (χ4v) is 1.51. The van der Waals surface area contributed by atoms with Crippen molar-refractivity contribution in [1.29, 1.82) is 0 Å². The van der Waals surface area contributed by atoms with Crippen LogP contribution in [0.25, 0.3) is 0 Å². The standard InChI is InChI=1S/C12H25NO3/c1-8(2)13-10(11(14)15-7)9(3)16-12(4,5)6/h8-10,13H,1-7H3. The topological polar surface area (TPSA) is 47.6 Å². The highest BCUT2D eigenvalue weighted by atomic mass is 16.5. The van der Waals surface area contributed by atoms with Crippen molar-refractivity contribution in [2.24, 2.45) is 0 Å². The molecule has 0 rings (SSSR count). The van der Waals surface area contributed by atoms with E-state index >= 15 is 0 Å². The third-order valence-corrected chi connectivity index (χ3v) is 1.98. The minimum Gasteiger partial charge on any atom is -0.468 e. The molecule has 0 fully saturated rings. The van der Waals surface area contributed by atoms with E-state index in [0.717, 1.165) is 0 Å². The first-order valence-corrected chi connectivity index (χ1v) is 5.69. The lowest BCUT2D eigenvalue weighted by Gasteiger charge is -2.31. The molecule has 4 heteroatoms. The zero-order valence-corrected chi connectivity index (χ0v) is 11.5. The lowest BCUT2D eigenvalue weighted by molar-refractivity contribution is -0.151. The van der Waals surface area contributed by atoms with Crippen molar-refractivity contribution >= 4 is 5.97 Å². The zero-order valence-electron chi connectivity index (χ0n) is 11.5. The molecule has 0 aliphatic rings. The summed E-state index contributed by atoms with van der Waals surface area (Å²) in [7, 11) is 1.39. The summed E-state index contributed by atoms with van der Waals surface area (Å²) >= 11 is 0. The van der Waals surface area contributed by atoms with Gasteiger partial charge in [0.05, 0.1) is 18.8 Å². The molecule has 0 aromatic rings. The molecule has 2 unspecified atom stereocenters. The van der Waals surface area contributed by atoms with Crippen LogP contribution in [-0.2, 0) is 14.3 Å². The molecule has 0 amide bonds. The molecule has 0 aliphatic carbocycles. The third-order valence-electron chi connectivity index (χ3n) is 1.98. The minimum absolute atomic E-state index is 0.204. The molecule has 0 radical (unpaired) electrons. The number of hydrogen-bond acceptors (Lipinski definition) is 4. The van der Waals surface area contributed by atoms with Gasteiger partial charge in [0, 0.05) is 6.04 Å². The van der Waals surface area contributed by atoms with E-state index in [0.29, 0.717) is 0 Å². The molecular formula is C12H25NO3. The Balaban J connectivity index is 4.56. The van der Waals surface area contributed by atoms with Gasteiger partial charge in [-0.25, -0.2) is 0 Å². The Morgan fingerprint density at radius 2 is 1.69 bits per heavy atom. The average Bonchev–Trinajstić information content (AvgIpc) is 2.09. The first-order valence-electron chi connectivity index (χ1n) is 5.69. The largest absolute Gasteiger partial charge is 0.468 e. The van der Waals surface area contributed by atoms with Crippen LogP contribution in [0.15, 0.2) is 0 Å². The van der Waals surface area contributed by atoms with E-state index in [2.05, 4.69) is 5.32 Å². The normalized spacial score (nSPS) is 16.0. The van der Waals surface area contributed by atoms with E-state index in [1.165, 1.54) is 7.11 Å². The summed E-state index contributed by atoms with van der Waals surface area (Å²) < 4.78 is 10.5. The Kier molecular flexibility index (Phi) is 5.97. The zero-order chi connectivity index (χ0) is 12.9. The molecule has 16 heavy (non-hydrogen) atoms. The summed E-state index contributed by atoms with van der Waals surface area (Å²) in [5.41, 5.74) is -0.273. The van der Waals surface area contributed by atoms with Crippen molar-refractivity contribution < 1.29 is 14.3 Å². The molecule has 0 bridgehead atoms. The van der Waals surface area contributed by atoms with Crippen molar-refractivity contribution in [2.75, 3.05) is 7.11 Å². The van der Waals surface area contributed by atoms with Gasteiger partial charge in [-0.05, 0) is 27.7 Å². The number of methoxy groups -OCH3 is 1. The lowest BCUT2D eigenvalue weighted by atomic mass is 10.1. The van der Waals surface area contributed by atoms with Crippen LogP contribution >= 0.6 is 0 Å². The predicted octanol–water partition coefficient (Wildman–Crippen LogP) is 1.73. The van der Waals surface area contributed by atoms with E-state index in [1.807, 2.05) is 41.5 Å². The van der Waals surface area contributed by atoms with Crippen LogP contribution in [-0.4, -0.2) is 36.9 Å². The molecular weight excluding hydrogens is 206 g/mol. The summed E-state index contributed by atoms with van der Waals surface area (Å²) in [6.07, 6.45) is -0.227. The number of rotatable bonds is 5. The molecule has 0 spiro atoms. The number of esters is 1.